The molecular formula is C16H17FN2O3S. The maximum atomic E-state index is 13.0. The van der Waals surface area contributed by atoms with Gasteiger partial charge in [0.05, 0.1) is 10.6 Å². The van der Waals surface area contributed by atoms with E-state index in [-0.39, 0.29) is 30.8 Å². The molecule has 3 rings (SSSR count). The summed E-state index contributed by atoms with van der Waals surface area (Å²) >= 11 is 0. The first kappa shape index (κ1) is 16.0. The summed E-state index contributed by atoms with van der Waals surface area (Å²) < 4.78 is 39.4. The van der Waals surface area contributed by atoms with Crippen molar-refractivity contribution >= 4 is 10.0 Å². The number of rotatable bonds is 3. The van der Waals surface area contributed by atoms with E-state index >= 15 is 0 Å². The molecule has 5 nitrogen and oxygen atoms in total. The highest BCUT2D eigenvalue weighted by atomic mass is 32.2. The Balaban J connectivity index is 1.77. The molecule has 0 radical (unpaired) electrons. The van der Waals surface area contributed by atoms with E-state index in [2.05, 4.69) is 4.98 Å². The first-order chi connectivity index (χ1) is 10.9. The number of hydrogen-bond acceptors (Lipinski definition) is 4. The van der Waals surface area contributed by atoms with Crippen LogP contribution >= 0.6 is 0 Å². The quantitative estimate of drug-likeness (QED) is 0.929. The number of halogens is 1. The molecule has 7 heteroatoms. The summed E-state index contributed by atoms with van der Waals surface area (Å²) in [7, 11) is -3.68. The van der Waals surface area contributed by atoms with E-state index < -0.39 is 21.4 Å². The molecule has 23 heavy (non-hydrogen) atoms. The molecule has 2 aromatic rings. The van der Waals surface area contributed by atoms with E-state index in [4.69, 9.17) is 0 Å². The number of nitrogens with zero attached hydrogens (tertiary/aromatic N) is 2. The van der Waals surface area contributed by atoms with Crippen LogP contribution in [0.2, 0.25) is 0 Å². The molecule has 1 aliphatic rings. The molecule has 1 aromatic carbocycles. The lowest BCUT2D eigenvalue weighted by Crippen LogP contribution is -2.45. The van der Waals surface area contributed by atoms with Crippen LogP contribution in [0.25, 0.3) is 0 Å². The third-order valence-electron chi connectivity index (χ3n) is 4.14. The highest BCUT2D eigenvalue weighted by molar-refractivity contribution is 7.89. The van der Waals surface area contributed by atoms with E-state index in [1.807, 2.05) is 0 Å². The summed E-state index contributed by atoms with van der Waals surface area (Å²) in [6.07, 6.45) is 2.14. The van der Waals surface area contributed by atoms with E-state index in [1.54, 1.807) is 24.4 Å². The van der Waals surface area contributed by atoms with Crippen molar-refractivity contribution in [1.82, 2.24) is 9.29 Å². The zero-order valence-corrected chi connectivity index (χ0v) is 13.2. The second-order valence-electron chi connectivity index (χ2n) is 5.60. The summed E-state index contributed by atoms with van der Waals surface area (Å²) in [4.78, 5) is 4.23. The molecule has 2 heterocycles. The zero-order chi connectivity index (χ0) is 16.5. The van der Waals surface area contributed by atoms with Gasteiger partial charge in [0.15, 0.2) is 0 Å². The van der Waals surface area contributed by atoms with Crippen LogP contribution in [0.5, 0.6) is 0 Å². The Morgan fingerprint density at radius 3 is 2.30 bits per heavy atom. The summed E-state index contributed by atoms with van der Waals surface area (Å²) in [6, 6.07) is 10.1. The van der Waals surface area contributed by atoms with Crippen molar-refractivity contribution in [2.75, 3.05) is 13.1 Å². The average Bonchev–Trinajstić information content (AvgIpc) is 2.56. The lowest BCUT2D eigenvalue weighted by molar-refractivity contribution is -0.0134. The molecule has 0 spiro atoms. The summed E-state index contributed by atoms with van der Waals surface area (Å²) in [6.45, 7) is 0.375. The van der Waals surface area contributed by atoms with Crippen molar-refractivity contribution in [1.29, 1.82) is 0 Å². The topological polar surface area (TPSA) is 70.5 Å². The Labute approximate surface area is 134 Å². The third kappa shape index (κ3) is 3.12. The van der Waals surface area contributed by atoms with Gasteiger partial charge in [-0.1, -0.05) is 6.07 Å². The van der Waals surface area contributed by atoms with Crippen molar-refractivity contribution in [2.45, 2.75) is 23.3 Å². The first-order valence-electron chi connectivity index (χ1n) is 7.31. The van der Waals surface area contributed by atoms with Crippen molar-refractivity contribution in [2.24, 2.45) is 0 Å². The Kier molecular flexibility index (Phi) is 4.18. The van der Waals surface area contributed by atoms with Crippen LogP contribution in [-0.4, -0.2) is 35.9 Å². The maximum Gasteiger partial charge on any atom is 0.243 e. The van der Waals surface area contributed by atoms with Gasteiger partial charge in [0.25, 0.3) is 0 Å². The molecule has 0 aliphatic carbocycles. The van der Waals surface area contributed by atoms with Crippen LogP contribution in [-0.2, 0) is 15.6 Å². The Morgan fingerprint density at radius 2 is 1.74 bits per heavy atom. The van der Waals surface area contributed by atoms with E-state index in [0.29, 0.717) is 5.69 Å². The van der Waals surface area contributed by atoms with Crippen molar-refractivity contribution in [3.05, 3.63) is 60.2 Å². The number of sulfonamides is 1. The number of aromatic nitrogens is 1. The van der Waals surface area contributed by atoms with Crippen LogP contribution in [0, 0.1) is 5.82 Å². The van der Waals surface area contributed by atoms with Gasteiger partial charge in [-0.3, -0.25) is 4.98 Å². The highest BCUT2D eigenvalue weighted by Crippen LogP contribution is 2.33. The minimum atomic E-state index is -3.68. The van der Waals surface area contributed by atoms with E-state index in [9.17, 15) is 17.9 Å². The Morgan fingerprint density at radius 1 is 1.09 bits per heavy atom. The number of pyridine rings is 1. The fourth-order valence-electron chi connectivity index (χ4n) is 2.75. The monoisotopic (exact) mass is 336 g/mol. The van der Waals surface area contributed by atoms with Gasteiger partial charge in [0, 0.05) is 19.3 Å². The van der Waals surface area contributed by atoms with Gasteiger partial charge in [-0.05, 0) is 49.2 Å². The molecule has 122 valence electrons. The summed E-state index contributed by atoms with van der Waals surface area (Å²) in [5.41, 5.74) is -0.561. The third-order valence-corrected chi connectivity index (χ3v) is 6.06. The molecule has 1 aliphatic heterocycles. The van der Waals surface area contributed by atoms with Gasteiger partial charge in [-0.25, -0.2) is 12.8 Å². The van der Waals surface area contributed by atoms with Crippen LogP contribution in [0.4, 0.5) is 4.39 Å². The normalized spacial score (nSPS) is 18.7. The number of hydrogen-bond donors (Lipinski definition) is 1. The summed E-state index contributed by atoms with van der Waals surface area (Å²) in [5.74, 6) is -0.480. The molecular weight excluding hydrogens is 319 g/mol. The van der Waals surface area contributed by atoms with Crippen LogP contribution in [0.3, 0.4) is 0 Å². The minimum Gasteiger partial charge on any atom is -0.383 e. The number of aliphatic hydroxyl groups is 1. The maximum absolute atomic E-state index is 13.0. The fourth-order valence-corrected chi connectivity index (χ4v) is 4.19. The zero-order valence-electron chi connectivity index (χ0n) is 12.4. The molecule has 1 N–H and O–H groups in total. The van der Waals surface area contributed by atoms with Crippen molar-refractivity contribution in [3.63, 3.8) is 0 Å². The molecule has 0 atom stereocenters. The molecule has 0 bridgehead atoms. The second-order valence-corrected chi connectivity index (χ2v) is 7.54. The second kappa shape index (κ2) is 5.99. The Hall–Kier alpha value is -1.83. The highest BCUT2D eigenvalue weighted by Gasteiger charge is 2.39. The first-order valence-corrected chi connectivity index (χ1v) is 8.75. The fraction of sp³-hybridized carbons (Fsp3) is 0.312. The van der Waals surface area contributed by atoms with Gasteiger partial charge >= 0.3 is 0 Å². The van der Waals surface area contributed by atoms with Gasteiger partial charge in [-0.15, -0.1) is 0 Å². The molecule has 0 saturated carbocycles. The largest absolute Gasteiger partial charge is 0.383 e. The molecule has 1 fully saturated rings. The number of piperidine rings is 1. The van der Waals surface area contributed by atoms with E-state index in [0.717, 1.165) is 12.1 Å². The average molecular weight is 336 g/mol. The SMILES string of the molecule is O=S(=O)(c1ccc(F)cc1)N1CCC(O)(c2ccccn2)CC1. The van der Waals surface area contributed by atoms with Crippen LogP contribution in [0.1, 0.15) is 18.5 Å². The van der Waals surface area contributed by atoms with Crippen molar-refractivity contribution in [3.8, 4) is 0 Å². The standard InChI is InChI=1S/C16H17FN2O3S/c17-13-4-6-14(7-5-13)23(21,22)19-11-8-16(20,9-12-19)15-3-1-2-10-18-15/h1-7,10,20H,8-9,11-12H2. The van der Waals surface area contributed by atoms with Gasteiger partial charge in [0.2, 0.25) is 10.0 Å². The van der Waals surface area contributed by atoms with Crippen LogP contribution in [0.15, 0.2) is 53.6 Å². The molecule has 0 unspecified atom stereocenters. The van der Waals surface area contributed by atoms with E-state index in [1.165, 1.54) is 16.4 Å². The minimum absolute atomic E-state index is 0.0576. The Bertz CT molecular complexity index is 771. The summed E-state index contributed by atoms with van der Waals surface area (Å²) in [5, 5.41) is 10.7. The molecule has 1 saturated heterocycles. The van der Waals surface area contributed by atoms with Gasteiger partial charge in [-0.2, -0.15) is 4.31 Å². The number of benzene rings is 1. The predicted molar refractivity (Wildman–Crippen MR) is 82.5 cm³/mol. The molecule has 0 amide bonds. The van der Waals surface area contributed by atoms with Crippen molar-refractivity contribution < 1.29 is 17.9 Å². The molecule has 1 aromatic heterocycles. The lowest BCUT2D eigenvalue weighted by Gasteiger charge is -2.37. The smallest absolute Gasteiger partial charge is 0.243 e. The van der Waals surface area contributed by atoms with Gasteiger partial charge in [0.1, 0.15) is 11.4 Å². The van der Waals surface area contributed by atoms with Gasteiger partial charge < -0.3 is 5.11 Å². The van der Waals surface area contributed by atoms with Crippen LogP contribution < -0.4 is 0 Å². The predicted octanol–water partition coefficient (Wildman–Crippen LogP) is 1.89. The lowest BCUT2D eigenvalue weighted by atomic mass is 9.89.